The Morgan fingerprint density at radius 1 is 1.56 bits per heavy atom. The molecule has 0 aromatic heterocycles. The van der Waals surface area contributed by atoms with E-state index in [1.807, 2.05) is 0 Å². The highest BCUT2D eigenvalue weighted by molar-refractivity contribution is 5.02. The average molecular weight is 132 g/mol. The highest BCUT2D eigenvalue weighted by Crippen LogP contribution is 2.55. The normalized spacial score (nSPS) is 44.3. The van der Waals surface area contributed by atoms with Gasteiger partial charge in [0.15, 0.2) is 0 Å². The van der Waals surface area contributed by atoms with Crippen molar-refractivity contribution in [3.05, 3.63) is 0 Å². The molecule has 2 saturated heterocycles. The molecule has 1 N–H and O–H groups in total. The van der Waals surface area contributed by atoms with Gasteiger partial charge in [0.05, 0.1) is 13.2 Å². The van der Waals surface area contributed by atoms with Gasteiger partial charge in [-0.05, 0) is 0 Å². The van der Waals surface area contributed by atoms with E-state index in [0.717, 1.165) is 0 Å². The summed E-state index contributed by atoms with van der Waals surface area (Å²) in [4.78, 5) is 0. The third-order valence-corrected chi connectivity index (χ3v) is 1.40. The van der Waals surface area contributed by atoms with Crippen molar-refractivity contribution in [1.82, 2.24) is 0 Å². The minimum absolute atomic E-state index is 0.0104. The van der Waals surface area contributed by atoms with Crippen LogP contribution in [0.15, 0.2) is 0 Å². The molecular formula is C5H8O4. The molecule has 2 fully saturated rings. The summed E-state index contributed by atoms with van der Waals surface area (Å²) in [5.41, 5.74) is 0. The molecule has 9 heavy (non-hydrogen) atoms. The molecule has 0 bridgehead atoms. The van der Waals surface area contributed by atoms with Crippen LogP contribution in [0.25, 0.3) is 0 Å². The van der Waals surface area contributed by atoms with Crippen LogP contribution in [-0.2, 0) is 14.2 Å². The lowest BCUT2D eigenvalue weighted by Gasteiger charge is -1.99. The molecule has 0 radical (unpaired) electrons. The maximum absolute atomic E-state index is 8.29. The van der Waals surface area contributed by atoms with Crippen molar-refractivity contribution >= 4 is 0 Å². The van der Waals surface area contributed by atoms with Gasteiger partial charge in [-0.2, -0.15) is 0 Å². The van der Waals surface area contributed by atoms with Gasteiger partial charge < -0.3 is 19.3 Å². The lowest BCUT2D eigenvalue weighted by molar-refractivity contribution is -0.0886. The number of aliphatic hydroxyl groups excluding tert-OH is 1. The maximum Gasteiger partial charge on any atom is 0.249 e. The molecule has 0 spiro atoms. The van der Waals surface area contributed by atoms with Crippen molar-refractivity contribution in [1.29, 1.82) is 0 Å². The zero-order valence-electron chi connectivity index (χ0n) is 4.87. The summed E-state index contributed by atoms with van der Waals surface area (Å²) >= 11 is 0. The van der Waals surface area contributed by atoms with Crippen molar-refractivity contribution in [2.75, 3.05) is 19.8 Å². The van der Waals surface area contributed by atoms with Crippen LogP contribution < -0.4 is 0 Å². The monoisotopic (exact) mass is 132 g/mol. The van der Waals surface area contributed by atoms with E-state index in [-0.39, 0.29) is 18.7 Å². The number of ether oxygens (including phenoxy) is 3. The number of hydrogen-bond acceptors (Lipinski definition) is 4. The molecule has 0 atom stereocenters. The molecule has 4 nitrogen and oxygen atoms in total. The molecule has 4 heteroatoms. The van der Waals surface area contributed by atoms with E-state index < -0.39 is 0 Å². The zero-order valence-corrected chi connectivity index (χ0v) is 4.87. The van der Waals surface area contributed by atoms with Gasteiger partial charge in [0.25, 0.3) is 0 Å². The highest BCUT2D eigenvalue weighted by Gasteiger charge is 2.77. The average Bonchev–Trinajstić information content (AvgIpc) is 2.54. The maximum atomic E-state index is 8.29. The first-order valence-corrected chi connectivity index (χ1v) is 2.92. The summed E-state index contributed by atoms with van der Waals surface area (Å²) in [5.74, 6) is -0.366. The summed E-state index contributed by atoms with van der Waals surface area (Å²) < 4.78 is 14.8. The Bertz CT molecular complexity index is 118. The molecule has 0 saturated carbocycles. The Morgan fingerprint density at radius 3 is 2.67 bits per heavy atom. The second-order valence-electron chi connectivity index (χ2n) is 2.16. The van der Waals surface area contributed by atoms with Crippen LogP contribution in [0.5, 0.6) is 0 Å². The molecular weight excluding hydrogens is 124 g/mol. The van der Waals surface area contributed by atoms with E-state index in [2.05, 4.69) is 0 Å². The Morgan fingerprint density at radius 2 is 2.22 bits per heavy atom. The van der Waals surface area contributed by atoms with Gasteiger partial charge in [0.2, 0.25) is 12.1 Å². The first-order chi connectivity index (χ1) is 4.37. The fourth-order valence-electron chi connectivity index (χ4n) is 0.718. The van der Waals surface area contributed by atoms with Gasteiger partial charge >= 0.3 is 0 Å². The second kappa shape index (κ2) is 1.67. The molecule has 2 heterocycles. The number of aliphatic hydroxyl groups is 1. The van der Waals surface area contributed by atoms with Crippen LogP contribution in [-0.4, -0.2) is 37.0 Å². The van der Waals surface area contributed by atoms with Crippen molar-refractivity contribution in [3.8, 4) is 0 Å². The summed E-state index contributed by atoms with van der Waals surface area (Å²) in [5, 5.41) is 8.29. The number of epoxide rings is 2. The number of hydrogen-bond donors (Lipinski definition) is 1. The van der Waals surface area contributed by atoms with Crippen LogP contribution in [0, 0.1) is 0 Å². The highest BCUT2D eigenvalue weighted by atomic mass is 17.0. The predicted octanol–water partition coefficient (Wildman–Crippen LogP) is -0.922. The van der Waals surface area contributed by atoms with E-state index in [0.29, 0.717) is 13.2 Å². The lowest BCUT2D eigenvalue weighted by atomic mass is 10.5. The van der Waals surface area contributed by atoms with Crippen molar-refractivity contribution in [2.45, 2.75) is 12.1 Å². The molecule has 0 aliphatic carbocycles. The van der Waals surface area contributed by atoms with E-state index in [1.54, 1.807) is 0 Å². The van der Waals surface area contributed by atoms with Crippen LogP contribution >= 0.6 is 0 Å². The smallest absolute Gasteiger partial charge is 0.249 e. The minimum Gasteiger partial charge on any atom is -0.394 e. The molecule has 52 valence electrons. The van der Waals surface area contributed by atoms with Crippen molar-refractivity contribution < 1.29 is 19.3 Å². The van der Waals surface area contributed by atoms with E-state index in [9.17, 15) is 0 Å². The van der Waals surface area contributed by atoms with Gasteiger partial charge in [-0.15, -0.1) is 0 Å². The number of rotatable bonds is 4. The van der Waals surface area contributed by atoms with Crippen LogP contribution in [0.1, 0.15) is 0 Å². The fourth-order valence-corrected chi connectivity index (χ4v) is 0.718. The third kappa shape index (κ3) is 0.840. The van der Waals surface area contributed by atoms with Gasteiger partial charge in [0.1, 0.15) is 6.61 Å². The Balaban J connectivity index is 1.58. The number of fused-ring (bicyclic) bond motifs is 1. The summed E-state index contributed by atoms with van der Waals surface area (Å²) in [7, 11) is 0. The Labute approximate surface area is 52.3 Å². The molecule has 0 aromatic rings. The van der Waals surface area contributed by atoms with E-state index in [1.165, 1.54) is 0 Å². The topological polar surface area (TPSA) is 54.5 Å². The molecule has 2 rings (SSSR count). The Kier molecular flexibility index (Phi) is 1.04. The second-order valence-corrected chi connectivity index (χ2v) is 2.16. The van der Waals surface area contributed by atoms with Gasteiger partial charge in [0, 0.05) is 0 Å². The summed E-state index contributed by atoms with van der Waals surface area (Å²) in [6.45, 7) is 0.875. The van der Waals surface area contributed by atoms with Crippen molar-refractivity contribution in [2.24, 2.45) is 0 Å². The largest absolute Gasteiger partial charge is 0.394 e. The molecule has 0 aromatic carbocycles. The Hall–Kier alpha value is -0.160. The van der Waals surface area contributed by atoms with Gasteiger partial charge in [-0.1, -0.05) is 0 Å². The van der Waals surface area contributed by atoms with Gasteiger partial charge in [-0.3, -0.25) is 0 Å². The standard InChI is InChI=1S/C5H8O4/c6-1-2-7-3-5-4(8-5)9-5/h4,6H,1-3H2. The quantitative estimate of drug-likeness (QED) is 0.397. The minimum atomic E-state index is -0.366. The molecule has 0 unspecified atom stereocenters. The van der Waals surface area contributed by atoms with E-state index in [4.69, 9.17) is 19.3 Å². The molecule has 0 amide bonds. The van der Waals surface area contributed by atoms with Crippen LogP contribution in [0.2, 0.25) is 0 Å². The van der Waals surface area contributed by atoms with Crippen LogP contribution in [0.4, 0.5) is 0 Å². The van der Waals surface area contributed by atoms with Gasteiger partial charge in [-0.25, -0.2) is 0 Å². The zero-order chi connectivity index (χ0) is 6.32. The predicted molar refractivity (Wildman–Crippen MR) is 26.6 cm³/mol. The third-order valence-electron chi connectivity index (χ3n) is 1.40. The molecule has 2 aliphatic rings. The lowest BCUT2D eigenvalue weighted by Crippen LogP contribution is -2.11. The van der Waals surface area contributed by atoms with E-state index >= 15 is 0 Å². The summed E-state index contributed by atoms with van der Waals surface area (Å²) in [6, 6.07) is 0. The molecule has 2 aliphatic heterocycles. The van der Waals surface area contributed by atoms with Crippen molar-refractivity contribution in [3.63, 3.8) is 0 Å². The summed E-state index contributed by atoms with van der Waals surface area (Å²) in [6.07, 6.45) is 0.0104. The SMILES string of the molecule is OCCOCC12OC1O2. The fraction of sp³-hybridized carbons (Fsp3) is 1.00. The first-order valence-electron chi connectivity index (χ1n) is 2.92. The first kappa shape index (κ1) is 5.61. The van der Waals surface area contributed by atoms with Crippen LogP contribution in [0.3, 0.4) is 0 Å².